The van der Waals surface area contributed by atoms with Gasteiger partial charge in [0.05, 0.1) is 11.3 Å². The zero-order valence-corrected chi connectivity index (χ0v) is 18.7. The second-order valence-electron chi connectivity index (χ2n) is 8.94. The fraction of sp³-hybridized carbons (Fsp3) is 0.321. The number of rotatable bonds is 5. The summed E-state index contributed by atoms with van der Waals surface area (Å²) in [5, 5.41) is 0. The molecule has 0 aliphatic carbocycles. The maximum Gasteiger partial charge on any atom is 0.257 e. The highest BCUT2D eigenvalue weighted by Crippen LogP contribution is 2.38. The highest BCUT2D eigenvalue weighted by atomic mass is 16.2. The average Bonchev–Trinajstić information content (AvgIpc) is 2.87. The Hall–Kier alpha value is -3.11. The molecule has 1 saturated heterocycles. The van der Waals surface area contributed by atoms with Gasteiger partial charge in [0, 0.05) is 20.1 Å². The summed E-state index contributed by atoms with van der Waals surface area (Å²) >= 11 is 0. The molecule has 2 aliphatic rings. The lowest BCUT2D eigenvalue weighted by atomic mass is 9.89. The predicted octanol–water partition coefficient (Wildman–Crippen LogP) is 5.16. The van der Waals surface area contributed by atoms with Crippen molar-refractivity contribution in [2.75, 3.05) is 38.1 Å². The smallest absolute Gasteiger partial charge is 0.257 e. The molecule has 0 aromatic heterocycles. The van der Waals surface area contributed by atoms with E-state index in [4.69, 9.17) is 0 Å². The van der Waals surface area contributed by atoms with Gasteiger partial charge in [0.2, 0.25) is 0 Å². The van der Waals surface area contributed by atoms with Gasteiger partial charge in [0.1, 0.15) is 6.17 Å². The molecule has 1 unspecified atom stereocenters. The number of piperidine rings is 1. The van der Waals surface area contributed by atoms with Crippen molar-refractivity contribution in [3.63, 3.8) is 0 Å². The summed E-state index contributed by atoms with van der Waals surface area (Å²) in [6, 6.07) is 29.4. The molecule has 0 N–H and O–H groups in total. The van der Waals surface area contributed by atoms with E-state index in [1.54, 1.807) is 0 Å². The molecule has 2 aliphatic heterocycles. The Balaban J connectivity index is 1.33. The van der Waals surface area contributed by atoms with Crippen LogP contribution in [0.5, 0.6) is 0 Å². The lowest BCUT2D eigenvalue weighted by Gasteiger charge is -2.45. The number of likely N-dealkylation sites (tertiary alicyclic amines) is 1. The first-order valence-corrected chi connectivity index (χ1v) is 11.7. The average molecular weight is 426 g/mol. The zero-order valence-electron chi connectivity index (χ0n) is 18.7. The summed E-state index contributed by atoms with van der Waals surface area (Å²) in [6.07, 6.45) is 2.34. The van der Waals surface area contributed by atoms with Crippen LogP contribution in [-0.4, -0.2) is 48.9 Å². The number of hydrogen-bond acceptors (Lipinski definition) is 3. The Morgan fingerprint density at radius 3 is 2.03 bits per heavy atom. The minimum Gasteiger partial charge on any atom is -0.345 e. The molecule has 0 bridgehead atoms. The first-order chi connectivity index (χ1) is 15.7. The normalized spacial score (nSPS) is 19.8. The zero-order chi connectivity index (χ0) is 21.9. The van der Waals surface area contributed by atoms with Crippen molar-refractivity contribution in [1.29, 1.82) is 0 Å². The van der Waals surface area contributed by atoms with E-state index in [2.05, 4.69) is 70.5 Å². The van der Waals surface area contributed by atoms with Crippen LogP contribution in [-0.2, 0) is 0 Å². The maximum absolute atomic E-state index is 13.1. The molecule has 3 aromatic carbocycles. The van der Waals surface area contributed by atoms with Crippen molar-refractivity contribution in [2.24, 2.45) is 0 Å². The Bertz CT molecular complexity index is 1040. The summed E-state index contributed by atoms with van der Waals surface area (Å²) in [5.74, 6) is 0.762. The lowest BCUT2D eigenvalue weighted by molar-refractivity contribution is 0.0702. The van der Waals surface area contributed by atoms with Gasteiger partial charge in [0.15, 0.2) is 0 Å². The number of carbonyl (C=O) groups is 1. The Morgan fingerprint density at radius 2 is 1.34 bits per heavy atom. The molecule has 0 radical (unpaired) electrons. The molecular weight excluding hydrogens is 394 g/mol. The van der Waals surface area contributed by atoms with Crippen molar-refractivity contribution in [1.82, 2.24) is 9.80 Å². The van der Waals surface area contributed by atoms with E-state index in [1.807, 2.05) is 36.2 Å². The molecule has 164 valence electrons. The largest absolute Gasteiger partial charge is 0.345 e. The van der Waals surface area contributed by atoms with Gasteiger partial charge in [-0.25, -0.2) is 0 Å². The fourth-order valence-electron chi connectivity index (χ4n) is 5.28. The van der Waals surface area contributed by atoms with E-state index < -0.39 is 0 Å². The number of hydrogen-bond donors (Lipinski definition) is 0. The molecule has 32 heavy (non-hydrogen) atoms. The quantitative estimate of drug-likeness (QED) is 0.565. The van der Waals surface area contributed by atoms with Crippen molar-refractivity contribution in [3.05, 3.63) is 102 Å². The van der Waals surface area contributed by atoms with Crippen molar-refractivity contribution < 1.29 is 4.79 Å². The molecule has 1 atom stereocenters. The summed E-state index contributed by atoms with van der Waals surface area (Å²) in [4.78, 5) is 20.0. The van der Waals surface area contributed by atoms with Crippen LogP contribution in [0.4, 0.5) is 5.69 Å². The molecule has 1 amide bonds. The fourth-order valence-corrected chi connectivity index (χ4v) is 5.28. The number of para-hydroxylation sites is 1. The second-order valence-corrected chi connectivity index (χ2v) is 8.94. The van der Waals surface area contributed by atoms with E-state index in [9.17, 15) is 4.79 Å². The number of nitrogens with zero attached hydrogens (tertiary/aromatic N) is 3. The van der Waals surface area contributed by atoms with Gasteiger partial charge in [-0.05, 0) is 55.1 Å². The number of amides is 1. The topological polar surface area (TPSA) is 26.8 Å². The van der Waals surface area contributed by atoms with Crippen LogP contribution in [0.3, 0.4) is 0 Å². The van der Waals surface area contributed by atoms with Gasteiger partial charge >= 0.3 is 0 Å². The summed E-state index contributed by atoms with van der Waals surface area (Å²) in [5.41, 5.74) is 4.47. The number of anilines is 1. The first-order valence-electron chi connectivity index (χ1n) is 11.7. The minimum atomic E-state index is -0.0829. The highest BCUT2D eigenvalue weighted by molar-refractivity contribution is 6.01. The number of carbonyl (C=O) groups excluding carboxylic acids is 1. The molecule has 1 fully saturated rings. The molecular formula is C28H31N3O. The third kappa shape index (κ3) is 4.03. The van der Waals surface area contributed by atoms with Crippen LogP contribution in [0.2, 0.25) is 0 Å². The lowest BCUT2D eigenvalue weighted by Crippen LogP contribution is -2.50. The van der Waals surface area contributed by atoms with Gasteiger partial charge < -0.3 is 14.7 Å². The van der Waals surface area contributed by atoms with E-state index in [0.717, 1.165) is 43.0 Å². The molecule has 0 spiro atoms. The third-order valence-corrected chi connectivity index (χ3v) is 7.04. The first kappa shape index (κ1) is 20.8. The molecule has 5 rings (SSSR count). The van der Waals surface area contributed by atoms with Gasteiger partial charge in [0.25, 0.3) is 5.91 Å². The van der Waals surface area contributed by atoms with Crippen LogP contribution in [0.1, 0.15) is 46.4 Å². The second kappa shape index (κ2) is 9.17. The molecule has 4 nitrogen and oxygen atoms in total. The summed E-state index contributed by atoms with van der Waals surface area (Å²) < 4.78 is 0. The van der Waals surface area contributed by atoms with Crippen molar-refractivity contribution in [2.45, 2.75) is 24.9 Å². The van der Waals surface area contributed by atoms with Crippen LogP contribution in [0.15, 0.2) is 84.9 Å². The Kier molecular flexibility index (Phi) is 5.95. The highest BCUT2D eigenvalue weighted by Gasteiger charge is 2.36. The monoisotopic (exact) mass is 425 g/mol. The summed E-state index contributed by atoms with van der Waals surface area (Å²) in [6.45, 7) is 4.14. The molecule has 0 saturated carbocycles. The van der Waals surface area contributed by atoms with E-state index in [0.29, 0.717) is 5.92 Å². The molecule has 3 aromatic rings. The van der Waals surface area contributed by atoms with Gasteiger partial charge in [-0.15, -0.1) is 0 Å². The van der Waals surface area contributed by atoms with Crippen LogP contribution in [0.25, 0.3) is 0 Å². The summed E-state index contributed by atoms with van der Waals surface area (Å²) in [7, 11) is 1.92. The van der Waals surface area contributed by atoms with Crippen molar-refractivity contribution >= 4 is 11.6 Å². The van der Waals surface area contributed by atoms with Crippen LogP contribution in [0, 0.1) is 0 Å². The third-order valence-electron chi connectivity index (χ3n) is 7.04. The van der Waals surface area contributed by atoms with E-state index >= 15 is 0 Å². The van der Waals surface area contributed by atoms with Gasteiger partial charge in [-0.1, -0.05) is 72.8 Å². The Labute approximate surface area is 191 Å². The Morgan fingerprint density at radius 1 is 0.750 bits per heavy atom. The number of benzene rings is 3. The SMILES string of the molecule is CN1C(=O)c2ccccc2N(CCN2CCC(c3ccccc3)CC2)C1c1ccccc1. The molecule has 2 heterocycles. The predicted molar refractivity (Wildman–Crippen MR) is 130 cm³/mol. The molecule has 4 heteroatoms. The van der Waals surface area contributed by atoms with Crippen LogP contribution >= 0.6 is 0 Å². The van der Waals surface area contributed by atoms with Crippen molar-refractivity contribution in [3.8, 4) is 0 Å². The standard InChI is InChI=1S/C28H31N3O/c1-29-27(24-12-6-3-7-13-24)31(26-15-9-8-14-25(26)28(29)32)21-20-30-18-16-23(17-19-30)22-10-4-2-5-11-22/h2-15,23,27H,16-21H2,1H3. The van der Waals surface area contributed by atoms with E-state index in [-0.39, 0.29) is 12.1 Å². The van der Waals surface area contributed by atoms with E-state index in [1.165, 1.54) is 18.4 Å². The maximum atomic E-state index is 13.1. The van der Waals surface area contributed by atoms with Gasteiger partial charge in [-0.2, -0.15) is 0 Å². The minimum absolute atomic E-state index is 0.0829. The number of fused-ring (bicyclic) bond motifs is 1. The van der Waals surface area contributed by atoms with Gasteiger partial charge in [-0.3, -0.25) is 4.79 Å². The van der Waals surface area contributed by atoms with Crippen LogP contribution < -0.4 is 4.90 Å².